The van der Waals surface area contributed by atoms with Gasteiger partial charge in [0, 0.05) is 0 Å². The van der Waals surface area contributed by atoms with Crippen molar-refractivity contribution in [2.45, 2.75) is 18.2 Å². The summed E-state index contributed by atoms with van der Waals surface area (Å²) in [6.07, 6.45) is -0.274. The van der Waals surface area contributed by atoms with E-state index in [0.29, 0.717) is 11.4 Å². The van der Waals surface area contributed by atoms with Crippen molar-refractivity contribution in [1.82, 2.24) is 15.0 Å². The molecule has 2 N–H and O–H groups in total. The molecule has 0 saturated heterocycles. The Balaban J connectivity index is 2.40. The number of primary sulfonamides is 1. The lowest BCUT2D eigenvalue weighted by Crippen LogP contribution is -2.12. The van der Waals surface area contributed by atoms with Gasteiger partial charge in [0.15, 0.2) is 11.5 Å². The number of rotatable bonds is 4. The van der Waals surface area contributed by atoms with Crippen LogP contribution in [-0.2, 0) is 10.0 Å². The second-order valence-electron chi connectivity index (χ2n) is 4.23. The third kappa shape index (κ3) is 2.96. The highest BCUT2D eigenvalue weighted by molar-refractivity contribution is 7.89. The van der Waals surface area contributed by atoms with E-state index in [1.165, 1.54) is 28.9 Å². The molecule has 1 aromatic carbocycles. The maximum Gasteiger partial charge on any atom is 0.238 e. The fourth-order valence-electron chi connectivity index (χ4n) is 1.76. The highest BCUT2D eigenvalue weighted by atomic mass is 32.2. The Morgan fingerprint density at radius 2 is 2.00 bits per heavy atom. The number of benzene rings is 1. The first-order valence-electron chi connectivity index (χ1n) is 5.80. The lowest BCUT2D eigenvalue weighted by molar-refractivity contribution is 0.0992. The Morgan fingerprint density at radius 1 is 1.38 bits per heavy atom. The number of ketones is 1. The first-order chi connectivity index (χ1) is 9.84. The molecule has 0 atom stereocenters. The predicted molar refractivity (Wildman–Crippen MR) is 72.0 cm³/mol. The van der Waals surface area contributed by atoms with Crippen LogP contribution in [0.5, 0.6) is 0 Å². The molecule has 0 bridgehead atoms. The zero-order chi connectivity index (χ0) is 15.6. The van der Waals surface area contributed by atoms with Gasteiger partial charge in [0.1, 0.15) is 6.42 Å². The minimum atomic E-state index is -3.76. The summed E-state index contributed by atoms with van der Waals surface area (Å²) in [6.45, 7) is 1.64. The molecule has 2 rings (SSSR count). The SMILES string of the molecule is Cc1c(C(=O)CC#N)nnn1-c1ccc(S(N)(=O)=O)cc1. The number of aromatic nitrogens is 3. The van der Waals surface area contributed by atoms with Crippen molar-refractivity contribution in [2.24, 2.45) is 5.14 Å². The fourth-order valence-corrected chi connectivity index (χ4v) is 2.28. The van der Waals surface area contributed by atoms with E-state index in [1.807, 2.05) is 0 Å². The standard InChI is InChI=1S/C12H11N5O3S/c1-8-12(11(18)6-7-13)15-16-17(8)9-2-4-10(5-3-9)21(14,19)20/h2-5H,6H2,1H3,(H2,14,19,20). The van der Waals surface area contributed by atoms with Crippen molar-refractivity contribution in [1.29, 1.82) is 5.26 Å². The summed E-state index contributed by atoms with van der Waals surface area (Å²) in [7, 11) is -3.76. The zero-order valence-corrected chi connectivity index (χ0v) is 11.8. The maximum absolute atomic E-state index is 11.7. The van der Waals surface area contributed by atoms with Crippen LogP contribution in [0.3, 0.4) is 0 Å². The molecule has 0 spiro atoms. The molecule has 0 fully saturated rings. The molecule has 0 radical (unpaired) electrons. The van der Waals surface area contributed by atoms with Crippen molar-refractivity contribution in [3.05, 3.63) is 35.7 Å². The van der Waals surface area contributed by atoms with E-state index in [4.69, 9.17) is 10.4 Å². The molecule has 0 aliphatic rings. The molecule has 0 aliphatic carbocycles. The Kier molecular flexibility index (Phi) is 3.84. The number of Topliss-reactive ketones (excluding diaryl/α,β-unsaturated/α-hetero) is 1. The highest BCUT2D eigenvalue weighted by Crippen LogP contribution is 2.15. The topological polar surface area (TPSA) is 132 Å². The van der Waals surface area contributed by atoms with E-state index in [9.17, 15) is 13.2 Å². The lowest BCUT2D eigenvalue weighted by Gasteiger charge is -2.04. The quantitative estimate of drug-likeness (QED) is 0.809. The van der Waals surface area contributed by atoms with E-state index in [-0.39, 0.29) is 17.0 Å². The summed E-state index contributed by atoms with van der Waals surface area (Å²) in [4.78, 5) is 11.6. The van der Waals surface area contributed by atoms with Gasteiger partial charge in [0.05, 0.1) is 22.3 Å². The van der Waals surface area contributed by atoms with E-state index < -0.39 is 15.8 Å². The highest BCUT2D eigenvalue weighted by Gasteiger charge is 2.17. The third-order valence-corrected chi connectivity index (χ3v) is 3.74. The van der Waals surface area contributed by atoms with Crippen molar-refractivity contribution < 1.29 is 13.2 Å². The van der Waals surface area contributed by atoms with Crippen molar-refractivity contribution in [2.75, 3.05) is 0 Å². The number of carbonyl (C=O) groups is 1. The van der Waals surface area contributed by atoms with Crippen LogP contribution in [0.4, 0.5) is 0 Å². The maximum atomic E-state index is 11.7. The van der Waals surface area contributed by atoms with Crippen LogP contribution in [0.1, 0.15) is 22.6 Å². The minimum Gasteiger partial charge on any atom is -0.291 e. The lowest BCUT2D eigenvalue weighted by atomic mass is 10.2. The van der Waals surface area contributed by atoms with Gasteiger partial charge in [0.25, 0.3) is 0 Å². The number of nitrogens with zero attached hydrogens (tertiary/aromatic N) is 4. The molecular formula is C12H11N5O3S. The fraction of sp³-hybridized carbons (Fsp3) is 0.167. The van der Waals surface area contributed by atoms with Gasteiger partial charge in [-0.2, -0.15) is 5.26 Å². The predicted octanol–water partition coefficient (Wildman–Crippen LogP) is 0.320. The first kappa shape index (κ1) is 14.8. The molecule has 21 heavy (non-hydrogen) atoms. The number of nitriles is 1. The number of nitrogens with two attached hydrogens (primary N) is 1. The molecule has 8 nitrogen and oxygen atoms in total. The minimum absolute atomic E-state index is 0.0233. The Hall–Kier alpha value is -2.57. The van der Waals surface area contributed by atoms with Crippen LogP contribution in [0.15, 0.2) is 29.2 Å². The van der Waals surface area contributed by atoms with Gasteiger partial charge in [-0.05, 0) is 31.2 Å². The molecule has 1 aromatic heterocycles. The normalized spacial score (nSPS) is 11.1. The van der Waals surface area contributed by atoms with Crippen LogP contribution in [-0.4, -0.2) is 29.2 Å². The van der Waals surface area contributed by atoms with E-state index in [2.05, 4.69) is 10.3 Å². The van der Waals surface area contributed by atoms with Crippen LogP contribution in [0.25, 0.3) is 5.69 Å². The van der Waals surface area contributed by atoms with Crippen molar-refractivity contribution in [3.63, 3.8) is 0 Å². The van der Waals surface area contributed by atoms with Crippen LogP contribution in [0.2, 0.25) is 0 Å². The third-order valence-electron chi connectivity index (χ3n) is 2.81. The molecule has 108 valence electrons. The molecule has 9 heteroatoms. The van der Waals surface area contributed by atoms with E-state index in [0.717, 1.165) is 0 Å². The van der Waals surface area contributed by atoms with Gasteiger partial charge in [-0.3, -0.25) is 4.79 Å². The Labute approximate surface area is 120 Å². The second kappa shape index (κ2) is 5.43. The number of carbonyl (C=O) groups excluding carboxylic acids is 1. The van der Waals surface area contributed by atoms with E-state index >= 15 is 0 Å². The molecule has 0 unspecified atom stereocenters. The summed E-state index contributed by atoms with van der Waals surface area (Å²) >= 11 is 0. The van der Waals surface area contributed by atoms with Gasteiger partial charge in [-0.1, -0.05) is 5.21 Å². The molecule has 1 heterocycles. The smallest absolute Gasteiger partial charge is 0.238 e. The van der Waals surface area contributed by atoms with E-state index in [1.54, 1.807) is 13.0 Å². The monoisotopic (exact) mass is 305 g/mol. The summed E-state index contributed by atoms with van der Waals surface area (Å²) in [5.74, 6) is -0.414. The van der Waals surface area contributed by atoms with Crippen molar-refractivity contribution >= 4 is 15.8 Å². The summed E-state index contributed by atoms with van der Waals surface area (Å²) in [5.41, 5.74) is 1.12. The van der Waals surface area contributed by atoms with Crippen molar-refractivity contribution in [3.8, 4) is 11.8 Å². The van der Waals surface area contributed by atoms with Crippen LogP contribution < -0.4 is 5.14 Å². The number of sulfonamides is 1. The number of hydrogen-bond donors (Lipinski definition) is 1. The number of hydrogen-bond acceptors (Lipinski definition) is 6. The molecule has 0 amide bonds. The molecule has 2 aromatic rings. The van der Waals surface area contributed by atoms with Gasteiger partial charge < -0.3 is 0 Å². The second-order valence-corrected chi connectivity index (χ2v) is 5.79. The summed E-state index contributed by atoms with van der Waals surface area (Å²) in [5, 5.41) is 21.1. The average molecular weight is 305 g/mol. The van der Waals surface area contributed by atoms with Crippen LogP contribution in [0, 0.1) is 18.3 Å². The molecule has 0 aliphatic heterocycles. The first-order valence-corrected chi connectivity index (χ1v) is 7.35. The summed E-state index contributed by atoms with van der Waals surface area (Å²) in [6, 6.07) is 7.43. The average Bonchev–Trinajstić information content (AvgIpc) is 2.80. The van der Waals surface area contributed by atoms with Crippen LogP contribution >= 0.6 is 0 Å². The van der Waals surface area contributed by atoms with Gasteiger partial charge in [0.2, 0.25) is 10.0 Å². The van der Waals surface area contributed by atoms with Gasteiger partial charge in [-0.25, -0.2) is 18.2 Å². The Bertz CT molecular complexity index is 831. The molecular weight excluding hydrogens is 294 g/mol. The van der Waals surface area contributed by atoms with Gasteiger partial charge >= 0.3 is 0 Å². The summed E-state index contributed by atoms with van der Waals surface area (Å²) < 4.78 is 23.7. The molecule has 0 saturated carbocycles. The largest absolute Gasteiger partial charge is 0.291 e. The zero-order valence-electron chi connectivity index (χ0n) is 11.0. The van der Waals surface area contributed by atoms with Gasteiger partial charge in [-0.15, -0.1) is 5.10 Å². The Morgan fingerprint density at radius 3 is 2.52 bits per heavy atom.